The summed E-state index contributed by atoms with van der Waals surface area (Å²) in [4.78, 5) is 21.5. The second-order valence-corrected chi connectivity index (χ2v) is 7.44. The highest BCUT2D eigenvalue weighted by Gasteiger charge is 2.28. The molecule has 0 unspecified atom stereocenters. The molecule has 2 heterocycles. The normalized spacial score (nSPS) is 15.7. The van der Waals surface area contributed by atoms with Gasteiger partial charge in [-0.3, -0.25) is 9.69 Å². The Morgan fingerprint density at radius 1 is 1.07 bits per heavy atom. The van der Waals surface area contributed by atoms with Gasteiger partial charge in [-0.2, -0.15) is 4.98 Å². The molecule has 0 spiro atoms. The van der Waals surface area contributed by atoms with Crippen molar-refractivity contribution in [2.45, 2.75) is 19.4 Å². The quantitative estimate of drug-likeness (QED) is 0.626. The molecule has 1 saturated heterocycles. The maximum Gasteiger partial charge on any atom is 0.253 e. The van der Waals surface area contributed by atoms with Gasteiger partial charge in [0.05, 0.1) is 13.2 Å². The van der Waals surface area contributed by atoms with Gasteiger partial charge in [-0.25, -0.2) is 0 Å². The van der Waals surface area contributed by atoms with Gasteiger partial charge < -0.3 is 14.2 Å². The summed E-state index contributed by atoms with van der Waals surface area (Å²) < 4.78 is 10.7. The Morgan fingerprint density at radius 2 is 1.77 bits per heavy atom. The Hall–Kier alpha value is -3.19. The van der Waals surface area contributed by atoms with Crippen molar-refractivity contribution in [3.63, 3.8) is 0 Å². The minimum absolute atomic E-state index is 0.0141. The van der Waals surface area contributed by atoms with Gasteiger partial charge in [0.25, 0.3) is 5.91 Å². The highest BCUT2D eigenvalue weighted by Crippen LogP contribution is 2.22. The second kappa shape index (κ2) is 9.09. The van der Waals surface area contributed by atoms with Crippen LogP contribution in [0.1, 0.15) is 40.6 Å². The molecule has 156 valence electrons. The lowest BCUT2D eigenvalue weighted by atomic mass is 10.1. The minimum atomic E-state index is 0.0141. The lowest BCUT2D eigenvalue weighted by molar-refractivity contribution is 0.0551. The second-order valence-electron chi connectivity index (χ2n) is 7.44. The van der Waals surface area contributed by atoms with Gasteiger partial charge in [-0.05, 0) is 36.8 Å². The van der Waals surface area contributed by atoms with E-state index < -0.39 is 0 Å². The minimum Gasteiger partial charge on any atom is -0.497 e. The van der Waals surface area contributed by atoms with Crippen molar-refractivity contribution in [2.75, 3.05) is 33.3 Å². The van der Waals surface area contributed by atoms with Crippen LogP contribution in [0.5, 0.6) is 5.75 Å². The number of benzene rings is 2. The summed E-state index contributed by atoms with van der Waals surface area (Å²) in [5.74, 6) is 2.11. The van der Waals surface area contributed by atoms with Gasteiger partial charge >= 0.3 is 0 Å². The Kier molecular flexibility index (Phi) is 6.09. The molecule has 1 amide bonds. The number of nitrogens with zero attached hydrogens (tertiary/aromatic N) is 4. The zero-order chi connectivity index (χ0) is 20.9. The first-order valence-corrected chi connectivity index (χ1v) is 10.2. The number of ether oxygens (including phenoxy) is 1. The van der Waals surface area contributed by atoms with Crippen molar-refractivity contribution in [1.29, 1.82) is 0 Å². The summed E-state index contributed by atoms with van der Waals surface area (Å²) in [7, 11) is 1.62. The largest absolute Gasteiger partial charge is 0.497 e. The van der Waals surface area contributed by atoms with E-state index in [0.29, 0.717) is 36.8 Å². The van der Waals surface area contributed by atoms with E-state index in [9.17, 15) is 4.79 Å². The molecular formula is C23H26N4O3. The first kappa shape index (κ1) is 20.1. The number of carbonyl (C=O) groups excluding carboxylic acids is 1. The predicted octanol–water partition coefficient (Wildman–Crippen LogP) is 3.19. The summed E-state index contributed by atoms with van der Waals surface area (Å²) in [6.07, 6.45) is 0.654. The molecule has 1 aromatic heterocycles. The molecule has 0 saturated carbocycles. The van der Waals surface area contributed by atoms with Crippen LogP contribution in [0.4, 0.5) is 0 Å². The monoisotopic (exact) mass is 406 g/mol. The van der Waals surface area contributed by atoms with E-state index in [1.165, 1.54) is 0 Å². The highest BCUT2D eigenvalue weighted by molar-refractivity contribution is 5.94. The molecule has 3 aromatic rings. The fraction of sp³-hybridized carbons (Fsp3) is 0.348. The molecule has 7 heteroatoms. The lowest BCUT2D eigenvalue weighted by Crippen LogP contribution is -2.49. The number of hydrogen-bond donors (Lipinski definition) is 0. The highest BCUT2D eigenvalue weighted by atomic mass is 16.5. The van der Waals surface area contributed by atoms with Gasteiger partial charge in [-0.15, -0.1) is 0 Å². The Bertz CT molecular complexity index is 964. The molecule has 0 aliphatic carbocycles. The summed E-state index contributed by atoms with van der Waals surface area (Å²) in [5, 5.41) is 4.14. The number of piperazine rings is 1. The van der Waals surface area contributed by atoms with Gasteiger partial charge in [0.2, 0.25) is 5.89 Å². The van der Waals surface area contributed by atoms with Crippen molar-refractivity contribution in [3.05, 3.63) is 77.4 Å². The molecule has 0 radical (unpaired) electrons. The number of aromatic nitrogens is 2. The fourth-order valence-corrected chi connectivity index (χ4v) is 3.67. The third kappa shape index (κ3) is 4.52. The standard InChI is InChI=1S/C23H26N4O3/c1-17(22-24-21(25-30-22)16-18-6-4-3-5-7-18)26-12-14-27(15-13-26)23(28)19-8-10-20(29-2)11-9-19/h3-11,17H,12-16H2,1-2H3/t17-/m1/s1. The van der Waals surface area contributed by atoms with E-state index in [2.05, 4.69) is 34.1 Å². The molecule has 1 fully saturated rings. The van der Waals surface area contributed by atoms with Gasteiger partial charge in [0.15, 0.2) is 5.82 Å². The third-order valence-corrected chi connectivity index (χ3v) is 5.53. The van der Waals surface area contributed by atoms with Crippen LogP contribution in [-0.4, -0.2) is 59.1 Å². The summed E-state index contributed by atoms with van der Waals surface area (Å²) in [5.41, 5.74) is 1.84. The molecule has 7 nitrogen and oxygen atoms in total. The molecule has 1 aliphatic heterocycles. The lowest BCUT2D eigenvalue weighted by Gasteiger charge is -2.36. The number of amides is 1. The third-order valence-electron chi connectivity index (χ3n) is 5.53. The molecule has 30 heavy (non-hydrogen) atoms. The summed E-state index contributed by atoms with van der Waals surface area (Å²) in [6.45, 7) is 4.93. The van der Waals surface area contributed by atoms with Crippen LogP contribution in [0.15, 0.2) is 59.1 Å². The smallest absolute Gasteiger partial charge is 0.253 e. The van der Waals surface area contributed by atoms with Crippen LogP contribution < -0.4 is 4.74 Å². The summed E-state index contributed by atoms with van der Waals surface area (Å²) >= 11 is 0. The van der Waals surface area contributed by atoms with Gasteiger partial charge in [0, 0.05) is 38.2 Å². The van der Waals surface area contributed by atoms with Crippen LogP contribution in [0.3, 0.4) is 0 Å². The van der Waals surface area contributed by atoms with E-state index in [4.69, 9.17) is 9.26 Å². The van der Waals surface area contributed by atoms with Crippen LogP contribution in [0.2, 0.25) is 0 Å². The topological polar surface area (TPSA) is 71.7 Å². The zero-order valence-electron chi connectivity index (χ0n) is 17.3. The number of carbonyl (C=O) groups is 1. The van der Waals surface area contributed by atoms with Crippen LogP contribution in [0.25, 0.3) is 0 Å². The maximum absolute atomic E-state index is 12.7. The molecule has 0 bridgehead atoms. The Balaban J connectivity index is 1.33. The van der Waals surface area contributed by atoms with Gasteiger partial charge in [-0.1, -0.05) is 35.5 Å². The Labute approximate surface area is 176 Å². The molecule has 2 aromatic carbocycles. The molecule has 4 rings (SSSR count). The first-order chi connectivity index (χ1) is 14.6. The molecule has 1 aliphatic rings. The van der Waals surface area contributed by atoms with Crippen LogP contribution >= 0.6 is 0 Å². The average Bonchev–Trinajstić information content (AvgIpc) is 3.27. The molecular weight excluding hydrogens is 380 g/mol. The summed E-state index contributed by atoms with van der Waals surface area (Å²) in [6, 6.07) is 17.4. The van der Waals surface area contributed by atoms with E-state index in [-0.39, 0.29) is 11.9 Å². The van der Waals surface area contributed by atoms with Crippen LogP contribution in [-0.2, 0) is 6.42 Å². The predicted molar refractivity (Wildman–Crippen MR) is 112 cm³/mol. The molecule has 1 atom stereocenters. The van der Waals surface area contributed by atoms with Crippen LogP contribution in [0, 0.1) is 0 Å². The Morgan fingerprint density at radius 3 is 2.43 bits per heavy atom. The molecule has 0 N–H and O–H groups in total. The number of hydrogen-bond acceptors (Lipinski definition) is 6. The van der Waals surface area contributed by atoms with Crippen molar-refractivity contribution in [3.8, 4) is 5.75 Å². The number of methoxy groups -OCH3 is 1. The number of rotatable bonds is 6. The maximum atomic E-state index is 12.7. The zero-order valence-corrected chi connectivity index (χ0v) is 17.3. The van der Waals surface area contributed by atoms with Gasteiger partial charge in [0.1, 0.15) is 5.75 Å². The van der Waals surface area contributed by atoms with E-state index in [0.717, 1.165) is 24.4 Å². The fourth-order valence-electron chi connectivity index (χ4n) is 3.67. The first-order valence-electron chi connectivity index (χ1n) is 10.2. The van der Waals surface area contributed by atoms with E-state index >= 15 is 0 Å². The van der Waals surface area contributed by atoms with Crippen molar-refractivity contribution in [2.24, 2.45) is 0 Å². The van der Waals surface area contributed by atoms with Crippen molar-refractivity contribution >= 4 is 5.91 Å². The SMILES string of the molecule is COc1ccc(C(=O)N2CCN([C@H](C)c3nc(Cc4ccccc4)no3)CC2)cc1. The van der Waals surface area contributed by atoms with Crippen molar-refractivity contribution in [1.82, 2.24) is 19.9 Å². The van der Waals surface area contributed by atoms with Crippen molar-refractivity contribution < 1.29 is 14.1 Å². The average molecular weight is 406 g/mol. The van der Waals surface area contributed by atoms with E-state index in [1.807, 2.05) is 47.4 Å². The van der Waals surface area contributed by atoms with E-state index in [1.54, 1.807) is 7.11 Å².